The highest BCUT2D eigenvalue weighted by molar-refractivity contribution is 5.94. The Bertz CT molecular complexity index is 759. The van der Waals surface area contributed by atoms with Crippen molar-refractivity contribution >= 4 is 11.6 Å². The van der Waals surface area contributed by atoms with Crippen LogP contribution < -0.4 is 20.1 Å². The molecule has 2 N–H and O–H groups in total. The summed E-state index contributed by atoms with van der Waals surface area (Å²) in [7, 11) is 0. The predicted molar refractivity (Wildman–Crippen MR) is 114 cm³/mol. The molecule has 2 aromatic carbocycles. The Labute approximate surface area is 168 Å². The van der Waals surface area contributed by atoms with Crippen LogP contribution in [0.4, 0.5) is 5.69 Å². The van der Waals surface area contributed by atoms with E-state index in [-0.39, 0.29) is 18.0 Å². The van der Waals surface area contributed by atoms with Gasteiger partial charge in [0.15, 0.2) is 11.5 Å². The third kappa shape index (κ3) is 5.99. The molecule has 1 amide bonds. The number of ether oxygens (including phenoxy) is 2. The maximum Gasteiger partial charge on any atom is 0.241 e. The molecule has 0 radical (unpaired) electrons. The Balaban J connectivity index is 2.00. The molecule has 0 saturated heterocycles. The van der Waals surface area contributed by atoms with Crippen LogP contribution in [0.3, 0.4) is 0 Å². The molecule has 0 heterocycles. The monoisotopic (exact) mass is 384 g/mol. The molecule has 0 spiro atoms. The maximum absolute atomic E-state index is 12.5. The van der Waals surface area contributed by atoms with Gasteiger partial charge in [0, 0.05) is 11.7 Å². The summed E-state index contributed by atoms with van der Waals surface area (Å²) >= 11 is 0. The van der Waals surface area contributed by atoms with Gasteiger partial charge in [-0.2, -0.15) is 0 Å². The minimum absolute atomic E-state index is 0.0156. The summed E-state index contributed by atoms with van der Waals surface area (Å²) in [4.78, 5) is 12.5. The lowest BCUT2D eigenvalue weighted by Gasteiger charge is -2.21. The third-order valence-electron chi connectivity index (χ3n) is 4.59. The second-order valence-corrected chi connectivity index (χ2v) is 6.72. The van der Waals surface area contributed by atoms with E-state index in [1.54, 1.807) is 0 Å². The SMILES string of the molecule is CCOc1ccc([C@H](C)N[C@@H](C)C(=O)Nc2ccc(CC)cc2)cc1OCC. The zero-order valence-corrected chi connectivity index (χ0v) is 17.5. The number of nitrogens with one attached hydrogen (secondary N) is 2. The van der Waals surface area contributed by atoms with E-state index in [0.29, 0.717) is 13.2 Å². The number of hydrogen-bond donors (Lipinski definition) is 2. The summed E-state index contributed by atoms with van der Waals surface area (Å²) in [5.41, 5.74) is 3.10. The summed E-state index contributed by atoms with van der Waals surface area (Å²) < 4.78 is 11.3. The van der Waals surface area contributed by atoms with Gasteiger partial charge in [-0.3, -0.25) is 10.1 Å². The molecule has 0 aromatic heterocycles. The molecule has 0 aliphatic carbocycles. The van der Waals surface area contributed by atoms with E-state index in [4.69, 9.17) is 9.47 Å². The molecular weight excluding hydrogens is 352 g/mol. The number of rotatable bonds is 10. The van der Waals surface area contributed by atoms with Crippen molar-refractivity contribution in [1.29, 1.82) is 0 Å². The van der Waals surface area contributed by atoms with Gasteiger partial charge in [0.05, 0.1) is 19.3 Å². The number of hydrogen-bond acceptors (Lipinski definition) is 4. The largest absolute Gasteiger partial charge is 0.490 e. The fourth-order valence-electron chi connectivity index (χ4n) is 2.96. The van der Waals surface area contributed by atoms with Crippen molar-refractivity contribution in [3.05, 3.63) is 53.6 Å². The minimum Gasteiger partial charge on any atom is -0.490 e. The second-order valence-electron chi connectivity index (χ2n) is 6.72. The van der Waals surface area contributed by atoms with Crippen LogP contribution in [0.15, 0.2) is 42.5 Å². The second kappa shape index (κ2) is 10.7. The summed E-state index contributed by atoms with van der Waals surface area (Å²) in [5.74, 6) is 1.40. The van der Waals surface area contributed by atoms with Crippen LogP contribution in [0.5, 0.6) is 11.5 Å². The lowest BCUT2D eigenvalue weighted by Crippen LogP contribution is -2.39. The molecule has 0 bridgehead atoms. The number of carbonyl (C=O) groups excluding carboxylic acids is 1. The van der Waals surface area contributed by atoms with Crippen LogP contribution in [-0.4, -0.2) is 25.2 Å². The van der Waals surface area contributed by atoms with Crippen molar-refractivity contribution in [2.24, 2.45) is 0 Å². The van der Waals surface area contributed by atoms with Gasteiger partial charge in [0.2, 0.25) is 5.91 Å². The van der Waals surface area contributed by atoms with Crippen molar-refractivity contribution < 1.29 is 14.3 Å². The fourth-order valence-corrected chi connectivity index (χ4v) is 2.96. The number of anilines is 1. The van der Waals surface area contributed by atoms with Gasteiger partial charge in [-0.1, -0.05) is 25.1 Å². The first-order chi connectivity index (χ1) is 13.5. The van der Waals surface area contributed by atoms with E-state index in [1.165, 1.54) is 5.56 Å². The van der Waals surface area contributed by atoms with Crippen LogP contribution in [0, 0.1) is 0 Å². The van der Waals surface area contributed by atoms with Crippen molar-refractivity contribution in [3.8, 4) is 11.5 Å². The summed E-state index contributed by atoms with van der Waals surface area (Å²) in [5, 5.41) is 6.31. The van der Waals surface area contributed by atoms with E-state index < -0.39 is 0 Å². The van der Waals surface area contributed by atoms with Crippen LogP contribution in [0.2, 0.25) is 0 Å². The average molecular weight is 385 g/mol. The van der Waals surface area contributed by atoms with Gasteiger partial charge >= 0.3 is 0 Å². The van der Waals surface area contributed by atoms with Crippen molar-refractivity contribution in [2.45, 2.75) is 53.1 Å². The van der Waals surface area contributed by atoms with E-state index in [9.17, 15) is 4.79 Å². The predicted octanol–water partition coefficient (Wildman–Crippen LogP) is 4.72. The molecule has 2 aromatic rings. The van der Waals surface area contributed by atoms with E-state index in [1.807, 2.05) is 70.2 Å². The molecule has 5 heteroatoms. The third-order valence-corrected chi connectivity index (χ3v) is 4.59. The van der Waals surface area contributed by atoms with Gasteiger partial charge in [-0.25, -0.2) is 0 Å². The Hall–Kier alpha value is -2.53. The molecule has 2 atom stereocenters. The van der Waals surface area contributed by atoms with Crippen molar-refractivity contribution in [2.75, 3.05) is 18.5 Å². The van der Waals surface area contributed by atoms with Crippen molar-refractivity contribution in [3.63, 3.8) is 0 Å². The molecule has 5 nitrogen and oxygen atoms in total. The number of amides is 1. The zero-order chi connectivity index (χ0) is 20.5. The van der Waals surface area contributed by atoms with E-state index >= 15 is 0 Å². The number of aryl methyl sites for hydroxylation is 1. The van der Waals surface area contributed by atoms with E-state index in [0.717, 1.165) is 29.2 Å². The topological polar surface area (TPSA) is 59.6 Å². The standard InChI is InChI=1S/C23H32N2O3/c1-6-18-9-12-20(13-10-18)25-23(26)17(5)24-16(4)19-11-14-21(27-7-2)22(15-19)28-8-3/h9-17,24H,6-8H2,1-5H3,(H,25,26)/t16-,17-/m0/s1. The molecule has 0 unspecified atom stereocenters. The highest BCUT2D eigenvalue weighted by Crippen LogP contribution is 2.30. The lowest BCUT2D eigenvalue weighted by atomic mass is 10.1. The highest BCUT2D eigenvalue weighted by atomic mass is 16.5. The van der Waals surface area contributed by atoms with E-state index in [2.05, 4.69) is 17.6 Å². The zero-order valence-electron chi connectivity index (χ0n) is 17.5. The molecule has 2 rings (SSSR count). The van der Waals surface area contributed by atoms with Crippen molar-refractivity contribution in [1.82, 2.24) is 5.32 Å². The quantitative estimate of drug-likeness (QED) is 0.622. The molecular formula is C23H32N2O3. The molecule has 0 aliphatic rings. The fraction of sp³-hybridized carbons (Fsp3) is 0.435. The van der Waals surface area contributed by atoms with Crippen LogP contribution >= 0.6 is 0 Å². The first-order valence-electron chi connectivity index (χ1n) is 10.0. The van der Waals surface area contributed by atoms with Gasteiger partial charge < -0.3 is 14.8 Å². The van der Waals surface area contributed by atoms with Gasteiger partial charge in [0.1, 0.15) is 0 Å². The minimum atomic E-state index is -0.344. The van der Waals surface area contributed by atoms with Gasteiger partial charge in [0.25, 0.3) is 0 Å². The molecule has 152 valence electrons. The van der Waals surface area contributed by atoms with Crippen LogP contribution in [0.1, 0.15) is 51.8 Å². The molecule has 0 aliphatic heterocycles. The Morgan fingerprint density at radius 1 is 0.929 bits per heavy atom. The first-order valence-corrected chi connectivity index (χ1v) is 10.0. The van der Waals surface area contributed by atoms with Crippen LogP contribution in [-0.2, 0) is 11.2 Å². The number of benzene rings is 2. The highest BCUT2D eigenvalue weighted by Gasteiger charge is 2.18. The molecule has 0 saturated carbocycles. The summed E-state index contributed by atoms with van der Waals surface area (Å²) in [6.07, 6.45) is 0.982. The Morgan fingerprint density at radius 2 is 1.57 bits per heavy atom. The Morgan fingerprint density at radius 3 is 2.18 bits per heavy atom. The average Bonchev–Trinajstić information content (AvgIpc) is 2.70. The van der Waals surface area contributed by atoms with Gasteiger partial charge in [-0.15, -0.1) is 0 Å². The summed E-state index contributed by atoms with van der Waals surface area (Å²) in [6, 6.07) is 13.5. The lowest BCUT2D eigenvalue weighted by molar-refractivity contribution is -0.117. The first kappa shape index (κ1) is 21.8. The maximum atomic E-state index is 12.5. The summed E-state index contributed by atoms with van der Waals surface area (Å²) in [6.45, 7) is 11.1. The molecule has 28 heavy (non-hydrogen) atoms. The van der Waals surface area contributed by atoms with Gasteiger partial charge in [-0.05, 0) is 69.5 Å². The van der Waals surface area contributed by atoms with Crippen LogP contribution in [0.25, 0.3) is 0 Å². The normalized spacial score (nSPS) is 12.9. The number of carbonyl (C=O) groups is 1. The molecule has 0 fully saturated rings. The smallest absolute Gasteiger partial charge is 0.241 e. The Kier molecular flexibility index (Phi) is 8.33.